The predicted octanol–water partition coefficient (Wildman–Crippen LogP) is 4.65. The molecule has 5 nitrogen and oxygen atoms in total. The molecule has 28 heavy (non-hydrogen) atoms. The van der Waals surface area contributed by atoms with Gasteiger partial charge in [-0.15, -0.1) is 0 Å². The lowest BCUT2D eigenvalue weighted by atomic mass is 10.1. The fraction of sp³-hybridized carbons (Fsp3) is 0.565. The fourth-order valence-electron chi connectivity index (χ4n) is 3.42. The van der Waals surface area contributed by atoms with Crippen LogP contribution in [0.2, 0.25) is 0 Å². The smallest absolute Gasteiger partial charge is 0.269 e. The molecule has 0 radical (unpaired) electrons. The van der Waals surface area contributed by atoms with Crippen LogP contribution in [0.5, 0.6) is 5.75 Å². The minimum atomic E-state index is -0.104. The number of unbranched alkanes of at least 4 members (excludes halogenated alkanes) is 3. The fourth-order valence-corrected chi connectivity index (χ4v) is 3.42. The van der Waals surface area contributed by atoms with Gasteiger partial charge < -0.3 is 10.1 Å². The highest BCUT2D eigenvalue weighted by Gasteiger charge is 2.19. The lowest BCUT2D eigenvalue weighted by Gasteiger charge is -2.09. The molecule has 0 spiro atoms. The summed E-state index contributed by atoms with van der Waals surface area (Å²) in [6.45, 7) is 3.27. The third-order valence-corrected chi connectivity index (χ3v) is 5.35. The SMILES string of the molecule is CCc1cc(C(=O)NCc2cccc(OCCCCCCC3CC3)c2)n(C)n1. The van der Waals surface area contributed by atoms with Crippen LogP contribution >= 0.6 is 0 Å². The number of rotatable bonds is 12. The minimum Gasteiger partial charge on any atom is -0.494 e. The maximum Gasteiger partial charge on any atom is 0.269 e. The lowest BCUT2D eigenvalue weighted by molar-refractivity contribution is 0.0941. The van der Waals surface area contributed by atoms with Crippen molar-refractivity contribution in [3.63, 3.8) is 0 Å². The second-order valence-electron chi connectivity index (χ2n) is 7.82. The van der Waals surface area contributed by atoms with E-state index in [4.69, 9.17) is 4.74 Å². The summed E-state index contributed by atoms with van der Waals surface area (Å²) in [5.41, 5.74) is 2.55. The number of benzene rings is 1. The Kier molecular flexibility index (Phi) is 7.52. The summed E-state index contributed by atoms with van der Waals surface area (Å²) in [4.78, 5) is 12.4. The number of nitrogens with one attached hydrogen (secondary N) is 1. The largest absolute Gasteiger partial charge is 0.494 e. The summed E-state index contributed by atoms with van der Waals surface area (Å²) < 4.78 is 7.53. The first-order chi connectivity index (χ1) is 13.7. The van der Waals surface area contributed by atoms with Gasteiger partial charge in [-0.2, -0.15) is 5.10 Å². The number of aromatic nitrogens is 2. The van der Waals surface area contributed by atoms with Gasteiger partial charge in [0.1, 0.15) is 11.4 Å². The number of aryl methyl sites for hydroxylation is 2. The maximum atomic E-state index is 12.4. The maximum absolute atomic E-state index is 12.4. The Labute approximate surface area is 168 Å². The molecule has 0 saturated heterocycles. The topological polar surface area (TPSA) is 56.1 Å². The van der Waals surface area contributed by atoms with E-state index in [2.05, 4.69) is 10.4 Å². The molecule has 0 unspecified atom stereocenters. The van der Waals surface area contributed by atoms with Gasteiger partial charge in [-0.3, -0.25) is 9.48 Å². The van der Waals surface area contributed by atoms with Crippen LogP contribution < -0.4 is 10.1 Å². The molecule has 0 bridgehead atoms. The van der Waals surface area contributed by atoms with Crippen LogP contribution in [0.1, 0.15) is 73.6 Å². The molecule has 0 atom stereocenters. The Morgan fingerprint density at radius 2 is 2.04 bits per heavy atom. The normalized spacial score (nSPS) is 13.5. The van der Waals surface area contributed by atoms with E-state index in [9.17, 15) is 4.79 Å². The second kappa shape index (κ2) is 10.3. The molecule has 0 aliphatic heterocycles. The van der Waals surface area contributed by atoms with Gasteiger partial charge in [-0.05, 0) is 42.5 Å². The number of ether oxygens (including phenoxy) is 1. The van der Waals surface area contributed by atoms with Crippen LogP contribution in [0.15, 0.2) is 30.3 Å². The van der Waals surface area contributed by atoms with Crippen molar-refractivity contribution in [3.8, 4) is 5.75 Å². The lowest BCUT2D eigenvalue weighted by Crippen LogP contribution is -2.25. The average Bonchev–Trinajstić information content (AvgIpc) is 3.45. The van der Waals surface area contributed by atoms with Crippen molar-refractivity contribution in [3.05, 3.63) is 47.3 Å². The van der Waals surface area contributed by atoms with Crippen LogP contribution in [0.3, 0.4) is 0 Å². The van der Waals surface area contributed by atoms with E-state index in [1.165, 1.54) is 38.5 Å². The summed E-state index contributed by atoms with van der Waals surface area (Å²) in [5.74, 6) is 1.82. The average molecular weight is 384 g/mol. The summed E-state index contributed by atoms with van der Waals surface area (Å²) in [5, 5.41) is 7.30. The van der Waals surface area contributed by atoms with Crippen molar-refractivity contribution in [1.82, 2.24) is 15.1 Å². The monoisotopic (exact) mass is 383 g/mol. The molecule has 1 N–H and O–H groups in total. The number of hydrogen-bond donors (Lipinski definition) is 1. The highest BCUT2D eigenvalue weighted by molar-refractivity contribution is 5.92. The summed E-state index contributed by atoms with van der Waals surface area (Å²) in [6.07, 6.45) is 10.2. The number of carbonyl (C=O) groups excluding carboxylic acids is 1. The predicted molar refractivity (Wildman–Crippen MR) is 112 cm³/mol. The molecule has 1 aliphatic rings. The molecule has 1 amide bonds. The molecule has 5 heteroatoms. The van der Waals surface area contributed by atoms with Gasteiger partial charge in [0.2, 0.25) is 0 Å². The molecule has 1 aliphatic carbocycles. The minimum absolute atomic E-state index is 0.104. The first kappa shape index (κ1) is 20.4. The number of nitrogens with zero attached hydrogens (tertiary/aromatic N) is 2. The highest BCUT2D eigenvalue weighted by atomic mass is 16.5. The molecule has 1 aromatic heterocycles. The zero-order chi connectivity index (χ0) is 19.8. The Balaban J connectivity index is 1.37. The standard InChI is InChI=1S/C23H33N3O2/c1-3-20-16-22(26(2)25-20)23(27)24-17-19-10-8-11-21(15-19)28-14-7-5-4-6-9-18-12-13-18/h8,10-11,15-16,18H,3-7,9,12-14,17H2,1-2H3,(H,24,27). The van der Waals surface area contributed by atoms with Crippen molar-refractivity contribution in [1.29, 1.82) is 0 Å². The van der Waals surface area contributed by atoms with E-state index in [-0.39, 0.29) is 5.91 Å². The summed E-state index contributed by atoms with van der Waals surface area (Å²) in [6, 6.07) is 9.82. The molecule has 1 saturated carbocycles. The molecule has 152 valence electrons. The Bertz CT molecular complexity index is 765. The van der Waals surface area contributed by atoms with Crippen LogP contribution in [0, 0.1) is 5.92 Å². The van der Waals surface area contributed by atoms with Crippen molar-refractivity contribution in [2.45, 2.75) is 64.8 Å². The number of hydrogen-bond acceptors (Lipinski definition) is 3. The van der Waals surface area contributed by atoms with E-state index in [0.29, 0.717) is 12.2 Å². The van der Waals surface area contributed by atoms with Crippen LogP contribution in [0.25, 0.3) is 0 Å². The zero-order valence-corrected chi connectivity index (χ0v) is 17.2. The van der Waals surface area contributed by atoms with Crippen molar-refractivity contribution >= 4 is 5.91 Å². The van der Waals surface area contributed by atoms with Gasteiger partial charge in [0.05, 0.1) is 12.3 Å². The van der Waals surface area contributed by atoms with Crippen LogP contribution in [-0.2, 0) is 20.0 Å². The van der Waals surface area contributed by atoms with Crippen LogP contribution in [0.4, 0.5) is 0 Å². The van der Waals surface area contributed by atoms with Crippen molar-refractivity contribution in [2.24, 2.45) is 13.0 Å². The first-order valence-electron chi connectivity index (χ1n) is 10.7. The Hall–Kier alpha value is -2.30. The third kappa shape index (κ3) is 6.39. The molecule has 1 fully saturated rings. The summed E-state index contributed by atoms with van der Waals surface area (Å²) in [7, 11) is 1.80. The van der Waals surface area contributed by atoms with Crippen molar-refractivity contribution < 1.29 is 9.53 Å². The third-order valence-electron chi connectivity index (χ3n) is 5.35. The molecule has 1 aromatic carbocycles. The van der Waals surface area contributed by atoms with Crippen LogP contribution in [-0.4, -0.2) is 22.3 Å². The van der Waals surface area contributed by atoms with Gasteiger partial charge in [0, 0.05) is 13.6 Å². The van der Waals surface area contributed by atoms with Gasteiger partial charge in [-0.25, -0.2) is 0 Å². The van der Waals surface area contributed by atoms with Gasteiger partial charge >= 0.3 is 0 Å². The van der Waals surface area contributed by atoms with Gasteiger partial charge in [0.25, 0.3) is 5.91 Å². The van der Waals surface area contributed by atoms with Crippen molar-refractivity contribution in [2.75, 3.05) is 6.61 Å². The zero-order valence-electron chi connectivity index (χ0n) is 17.2. The molecular weight excluding hydrogens is 350 g/mol. The van der Waals surface area contributed by atoms with Gasteiger partial charge in [-0.1, -0.05) is 57.6 Å². The quantitative estimate of drug-likeness (QED) is 0.543. The highest BCUT2D eigenvalue weighted by Crippen LogP contribution is 2.34. The van der Waals surface area contributed by atoms with E-state index in [1.807, 2.05) is 37.3 Å². The van der Waals surface area contributed by atoms with E-state index in [1.54, 1.807) is 11.7 Å². The molecule has 1 heterocycles. The molecule has 3 rings (SSSR count). The first-order valence-corrected chi connectivity index (χ1v) is 10.7. The van der Waals surface area contributed by atoms with E-state index < -0.39 is 0 Å². The Morgan fingerprint density at radius 1 is 1.21 bits per heavy atom. The van der Waals surface area contributed by atoms with E-state index >= 15 is 0 Å². The second-order valence-corrected chi connectivity index (χ2v) is 7.82. The molecular formula is C23H33N3O2. The van der Waals surface area contributed by atoms with E-state index in [0.717, 1.165) is 42.4 Å². The Morgan fingerprint density at radius 3 is 2.79 bits per heavy atom. The summed E-state index contributed by atoms with van der Waals surface area (Å²) >= 11 is 0. The van der Waals surface area contributed by atoms with Gasteiger partial charge in [0.15, 0.2) is 0 Å². The molecule has 2 aromatic rings. The number of amides is 1. The number of carbonyl (C=O) groups is 1.